The zero-order chi connectivity index (χ0) is 7.61. The predicted molar refractivity (Wildman–Crippen MR) is 32.6 cm³/mol. The summed E-state index contributed by atoms with van der Waals surface area (Å²) < 4.78 is 35.1. The van der Waals surface area contributed by atoms with Gasteiger partial charge >= 0.3 is 6.18 Å². The molecule has 1 saturated carbocycles. The summed E-state index contributed by atoms with van der Waals surface area (Å²) in [5, 5.41) is 0. The maximum absolute atomic E-state index is 11.7. The molecule has 0 aromatic rings. The van der Waals surface area contributed by atoms with Crippen molar-refractivity contribution in [1.82, 2.24) is 0 Å². The molecule has 0 saturated heterocycles. The van der Waals surface area contributed by atoms with Crippen molar-refractivity contribution in [3.8, 4) is 0 Å². The van der Waals surface area contributed by atoms with Gasteiger partial charge in [-0.25, -0.2) is 0 Å². The Kier molecular flexibility index (Phi) is 2.21. The molecule has 60 valence electrons. The highest BCUT2D eigenvalue weighted by Crippen LogP contribution is 2.34. The zero-order valence-electron chi connectivity index (χ0n) is 5.75. The van der Waals surface area contributed by atoms with E-state index in [1.54, 1.807) is 0 Å². The second kappa shape index (κ2) is 2.81. The normalized spacial score (nSPS) is 21.9. The smallest absolute Gasteiger partial charge is 0.171 e. The van der Waals surface area contributed by atoms with Crippen molar-refractivity contribution in [2.45, 2.75) is 38.3 Å². The van der Waals surface area contributed by atoms with Crippen LogP contribution in [-0.2, 0) is 0 Å². The molecule has 0 aromatic carbocycles. The minimum atomic E-state index is -3.94. The molecule has 1 aliphatic carbocycles. The lowest BCUT2D eigenvalue weighted by Gasteiger charge is -2.10. The van der Waals surface area contributed by atoms with Gasteiger partial charge in [-0.2, -0.15) is 13.2 Å². The Morgan fingerprint density at radius 2 is 1.60 bits per heavy atom. The summed E-state index contributed by atoms with van der Waals surface area (Å²) in [5.41, 5.74) is 0. The van der Waals surface area contributed by atoms with E-state index < -0.39 is 12.6 Å². The first kappa shape index (κ1) is 7.89. The van der Waals surface area contributed by atoms with Gasteiger partial charge in [-0.1, -0.05) is 25.7 Å². The molecule has 1 aliphatic rings. The standard InChI is InChI=1S/C7H11F3/c8-7(9,10)5-6-3-1-2-4-6/h6H,1-5H2. The van der Waals surface area contributed by atoms with Crippen molar-refractivity contribution in [2.24, 2.45) is 5.92 Å². The van der Waals surface area contributed by atoms with Crippen LogP contribution in [0.5, 0.6) is 0 Å². The third-order valence-electron chi connectivity index (χ3n) is 1.99. The van der Waals surface area contributed by atoms with Gasteiger partial charge in [-0.05, 0) is 5.92 Å². The van der Waals surface area contributed by atoms with Crippen molar-refractivity contribution in [1.29, 1.82) is 0 Å². The average molecular weight is 152 g/mol. The van der Waals surface area contributed by atoms with Gasteiger partial charge in [0.25, 0.3) is 0 Å². The van der Waals surface area contributed by atoms with Crippen LogP contribution in [0.4, 0.5) is 13.2 Å². The van der Waals surface area contributed by atoms with Gasteiger partial charge in [0.2, 0.25) is 0 Å². The monoisotopic (exact) mass is 152 g/mol. The van der Waals surface area contributed by atoms with Crippen molar-refractivity contribution >= 4 is 0 Å². The fraction of sp³-hybridized carbons (Fsp3) is 1.00. The first-order chi connectivity index (χ1) is 4.58. The lowest BCUT2D eigenvalue weighted by Crippen LogP contribution is -2.12. The van der Waals surface area contributed by atoms with Crippen LogP contribution in [0.1, 0.15) is 32.1 Å². The summed E-state index contributed by atoms with van der Waals surface area (Å²) in [6.45, 7) is 0. The van der Waals surface area contributed by atoms with E-state index in [1.165, 1.54) is 0 Å². The van der Waals surface area contributed by atoms with Crippen molar-refractivity contribution in [3.05, 3.63) is 0 Å². The van der Waals surface area contributed by atoms with Crippen molar-refractivity contribution in [2.75, 3.05) is 0 Å². The van der Waals surface area contributed by atoms with Crippen LogP contribution < -0.4 is 0 Å². The van der Waals surface area contributed by atoms with E-state index >= 15 is 0 Å². The molecule has 1 rings (SSSR count). The highest BCUT2D eigenvalue weighted by Gasteiger charge is 2.32. The van der Waals surface area contributed by atoms with E-state index in [2.05, 4.69) is 0 Å². The molecule has 0 spiro atoms. The van der Waals surface area contributed by atoms with E-state index in [4.69, 9.17) is 0 Å². The topological polar surface area (TPSA) is 0 Å². The van der Waals surface area contributed by atoms with Gasteiger partial charge in [-0.3, -0.25) is 0 Å². The predicted octanol–water partition coefficient (Wildman–Crippen LogP) is 3.13. The maximum atomic E-state index is 11.7. The third-order valence-corrected chi connectivity index (χ3v) is 1.99. The third kappa shape index (κ3) is 2.58. The molecule has 0 N–H and O–H groups in total. The van der Waals surface area contributed by atoms with Gasteiger partial charge < -0.3 is 0 Å². The Bertz CT molecular complexity index is 99.9. The first-order valence-corrected chi connectivity index (χ1v) is 3.65. The van der Waals surface area contributed by atoms with E-state index in [-0.39, 0.29) is 5.92 Å². The van der Waals surface area contributed by atoms with Crippen molar-refractivity contribution < 1.29 is 13.2 Å². The fourth-order valence-electron chi connectivity index (χ4n) is 1.54. The van der Waals surface area contributed by atoms with E-state index in [0.29, 0.717) is 0 Å². The summed E-state index contributed by atoms with van der Waals surface area (Å²) in [6.07, 6.45) is -0.970. The molecule has 1 fully saturated rings. The van der Waals surface area contributed by atoms with Crippen LogP contribution in [0, 0.1) is 5.92 Å². The summed E-state index contributed by atoms with van der Waals surface area (Å²) >= 11 is 0. The highest BCUT2D eigenvalue weighted by molar-refractivity contribution is 4.70. The number of rotatable bonds is 1. The molecule has 0 unspecified atom stereocenters. The lowest BCUT2D eigenvalue weighted by molar-refractivity contribution is -0.143. The summed E-state index contributed by atoms with van der Waals surface area (Å²) in [4.78, 5) is 0. The molecule has 10 heavy (non-hydrogen) atoms. The quantitative estimate of drug-likeness (QED) is 0.541. The summed E-state index contributed by atoms with van der Waals surface area (Å²) in [7, 11) is 0. The number of halogens is 3. The Morgan fingerprint density at radius 1 is 1.10 bits per heavy atom. The summed E-state index contributed by atoms with van der Waals surface area (Å²) in [5.74, 6) is -0.0694. The van der Waals surface area contributed by atoms with Gasteiger partial charge in [0.1, 0.15) is 0 Å². The van der Waals surface area contributed by atoms with Crippen LogP contribution in [0.3, 0.4) is 0 Å². The van der Waals surface area contributed by atoms with Crippen LogP contribution in [-0.4, -0.2) is 6.18 Å². The van der Waals surface area contributed by atoms with Crippen molar-refractivity contribution in [3.63, 3.8) is 0 Å². The number of alkyl halides is 3. The van der Waals surface area contributed by atoms with Crippen LogP contribution in [0.2, 0.25) is 0 Å². The molecule has 0 aliphatic heterocycles. The molecular weight excluding hydrogens is 141 g/mol. The van der Waals surface area contributed by atoms with Crippen LogP contribution in [0.15, 0.2) is 0 Å². The van der Waals surface area contributed by atoms with Crippen LogP contribution in [0.25, 0.3) is 0 Å². The maximum Gasteiger partial charge on any atom is 0.389 e. The van der Waals surface area contributed by atoms with E-state index in [9.17, 15) is 13.2 Å². The lowest BCUT2D eigenvalue weighted by atomic mass is 10.0. The van der Waals surface area contributed by atoms with Gasteiger partial charge in [0.05, 0.1) is 0 Å². The SMILES string of the molecule is FC(F)(F)CC1CCCC1. The first-order valence-electron chi connectivity index (χ1n) is 3.65. The molecule has 0 bridgehead atoms. The van der Waals surface area contributed by atoms with Gasteiger partial charge in [-0.15, -0.1) is 0 Å². The average Bonchev–Trinajstić information content (AvgIpc) is 2.12. The van der Waals surface area contributed by atoms with Gasteiger partial charge in [0.15, 0.2) is 0 Å². The van der Waals surface area contributed by atoms with Gasteiger partial charge in [0, 0.05) is 6.42 Å². The minimum Gasteiger partial charge on any atom is -0.171 e. The fourth-order valence-corrected chi connectivity index (χ4v) is 1.54. The highest BCUT2D eigenvalue weighted by atomic mass is 19.4. The van der Waals surface area contributed by atoms with E-state index in [0.717, 1.165) is 25.7 Å². The molecule has 0 radical (unpaired) electrons. The molecule has 0 heterocycles. The Morgan fingerprint density at radius 3 is 2.00 bits per heavy atom. The minimum absolute atomic E-state index is 0.0694. The molecule has 0 amide bonds. The molecular formula is C7H11F3. The van der Waals surface area contributed by atoms with E-state index in [1.807, 2.05) is 0 Å². The largest absolute Gasteiger partial charge is 0.389 e. The van der Waals surface area contributed by atoms with Crippen LogP contribution >= 0.6 is 0 Å². The Hall–Kier alpha value is -0.210. The summed E-state index contributed by atoms with van der Waals surface area (Å²) in [6, 6.07) is 0. The second-order valence-electron chi connectivity index (χ2n) is 2.97. The second-order valence-corrected chi connectivity index (χ2v) is 2.97. The molecule has 0 nitrogen and oxygen atoms in total. The molecule has 0 atom stereocenters. The number of hydrogen-bond acceptors (Lipinski definition) is 0. The Balaban J connectivity index is 2.24. The zero-order valence-corrected chi connectivity index (χ0v) is 5.75. The Labute approximate surface area is 58.4 Å². The number of hydrogen-bond donors (Lipinski definition) is 0. The molecule has 0 aromatic heterocycles. The molecule has 3 heteroatoms.